The normalized spacial score (nSPS) is 11.4. The number of aromatic nitrogens is 4. The molecule has 4 aromatic rings. The third-order valence-corrected chi connectivity index (χ3v) is 4.18. The van der Waals surface area contributed by atoms with Crippen LogP contribution in [0, 0.1) is 0 Å². The average molecular weight is 325 g/mol. The van der Waals surface area contributed by atoms with E-state index in [4.69, 9.17) is 11.6 Å². The van der Waals surface area contributed by atoms with E-state index in [0.29, 0.717) is 28.6 Å². The van der Waals surface area contributed by atoms with E-state index in [2.05, 4.69) is 10.2 Å². The first-order valence-corrected chi connectivity index (χ1v) is 7.71. The van der Waals surface area contributed by atoms with E-state index in [1.54, 1.807) is 4.57 Å². The van der Waals surface area contributed by atoms with E-state index in [-0.39, 0.29) is 5.56 Å². The van der Waals surface area contributed by atoms with Gasteiger partial charge in [-0.05, 0) is 43.3 Å². The van der Waals surface area contributed by atoms with Gasteiger partial charge in [-0.3, -0.25) is 13.8 Å². The highest BCUT2D eigenvalue weighted by Gasteiger charge is 2.16. The van der Waals surface area contributed by atoms with Crippen molar-refractivity contribution in [2.24, 2.45) is 0 Å². The minimum Gasteiger partial charge on any atom is -0.277 e. The predicted octanol–water partition coefficient (Wildman–Crippen LogP) is 3.38. The van der Waals surface area contributed by atoms with Gasteiger partial charge in [0.1, 0.15) is 0 Å². The van der Waals surface area contributed by atoms with Crippen LogP contribution in [0.1, 0.15) is 6.92 Å². The van der Waals surface area contributed by atoms with Gasteiger partial charge in [0.15, 0.2) is 5.82 Å². The van der Waals surface area contributed by atoms with Gasteiger partial charge < -0.3 is 0 Å². The molecule has 0 radical (unpaired) electrons. The summed E-state index contributed by atoms with van der Waals surface area (Å²) in [5, 5.41) is 9.86. The standard InChI is InChI=1S/C17H13ClN4O/c1-2-21-16(23)13-5-3-4-6-14(13)22-15(19-20-17(21)22)11-7-9-12(18)10-8-11/h3-10H,2H2,1H3. The summed E-state index contributed by atoms with van der Waals surface area (Å²) < 4.78 is 3.55. The molecule has 114 valence electrons. The second kappa shape index (κ2) is 5.21. The highest BCUT2D eigenvalue weighted by molar-refractivity contribution is 6.30. The molecule has 0 saturated heterocycles. The van der Waals surface area contributed by atoms with Gasteiger partial charge in [-0.1, -0.05) is 23.7 Å². The number of aryl methyl sites for hydroxylation is 1. The summed E-state index contributed by atoms with van der Waals surface area (Å²) in [5.74, 6) is 1.23. The van der Waals surface area contributed by atoms with Crippen LogP contribution in [0.3, 0.4) is 0 Å². The Balaban J connectivity index is 2.18. The smallest absolute Gasteiger partial charge is 0.262 e. The number of benzene rings is 2. The predicted molar refractivity (Wildman–Crippen MR) is 90.9 cm³/mol. The maximum atomic E-state index is 12.6. The first-order valence-electron chi connectivity index (χ1n) is 7.33. The summed E-state index contributed by atoms with van der Waals surface area (Å²) in [4.78, 5) is 12.6. The highest BCUT2D eigenvalue weighted by Crippen LogP contribution is 2.23. The monoisotopic (exact) mass is 324 g/mol. The maximum absolute atomic E-state index is 12.6. The zero-order valence-corrected chi connectivity index (χ0v) is 13.2. The van der Waals surface area contributed by atoms with Crippen molar-refractivity contribution in [3.63, 3.8) is 0 Å². The number of nitrogens with zero attached hydrogens (tertiary/aromatic N) is 4. The van der Waals surface area contributed by atoms with Crippen molar-refractivity contribution in [3.05, 3.63) is 63.9 Å². The first-order chi connectivity index (χ1) is 11.2. The van der Waals surface area contributed by atoms with E-state index in [9.17, 15) is 4.79 Å². The highest BCUT2D eigenvalue weighted by atomic mass is 35.5. The van der Waals surface area contributed by atoms with E-state index >= 15 is 0 Å². The van der Waals surface area contributed by atoms with Crippen LogP contribution in [0.2, 0.25) is 5.02 Å². The molecule has 6 heteroatoms. The lowest BCUT2D eigenvalue weighted by molar-refractivity contribution is 0.736. The fourth-order valence-corrected chi connectivity index (χ4v) is 2.96. The first kappa shape index (κ1) is 14.0. The number of halogens is 1. The Hall–Kier alpha value is -2.66. The second-order valence-corrected chi connectivity index (χ2v) is 5.67. The van der Waals surface area contributed by atoms with Crippen LogP contribution >= 0.6 is 11.6 Å². The number of hydrogen-bond acceptors (Lipinski definition) is 3. The molecule has 5 nitrogen and oxygen atoms in total. The summed E-state index contributed by atoms with van der Waals surface area (Å²) in [5.41, 5.74) is 1.64. The van der Waals surface area contributed by atoms with Crippen LogP contribution in [0.5, 0.6) is 0 Å². The zero-order valence-electron chi connectivity index (χ0n) is 12.4. The molecule has 0 spiro atoms. The van der Waals surface area contributed by atoms with Gasteiger partial charge in [0, 0.05) is 17.1 Å². The van der Waals surface area contributed by atoms with Crippen molar-refractivity contribution in [1.82, 2.24) is 19.2 Å². The van der Waals surface area contributed by atoms with E-state index in [0.717, 1.165) is 11.1 Å². The lowest BCUT2D eigenvalue weighted by atomic mass is 10.2. The molecule has 0 bridgehead atoms. The zero-order chi connectivity index (χ0) is 16.0. The molecule has 0 aliphatic heterocycles. The molecule has 2 aromatic carbocycles. The van der Waals surface area contributed by atoms with Crippen molar-refractivity contribution in [2.45, 2.75) is 13.5 Å². The molecule has 2 aromatic heterocycles. The van der Waals surface area contributed by atoms with Gasteiger partial charge in [-0.25, -0.2) is 0 Å². The van der Waals surface area contributed by atoms with Gasteiger partial charge in [0.25, 0.3) is 5.56 Å². The Labute approximate surface area is 136 Å². The Morgan fingerprint density at radius 2 is 1.78 bits per heavy atom. The molecule has 0 aliphatic carbocycles. The van der Waals surface area contributed by atoms with E-state index in [1.807, 2.05) is 59.9 Å². The topological polar surface area (TPSA) is 52.2 Å². The minimum absolute atomic E-state index is 0.0503. The van der Waals surface area contributed by atoms with Crippen molar-refractivity contribution >= 4 is 28.3 Å². The minimum atomic E-state index is -0.0503. The van der Waals surface area contributed by atoms with Crippen LogP contribution in [0.4, 0.5) is 0 Å². The summed E-state index contributed by atoms with van der Waals surface area (Å²) >= 11 is 5.97. The molecule has 0 unspecified atom stereocenters. The van der Waals surface area contributed by atoms with Crippen molar-refractivity contribution in [2.75, 3.05) is 0 Å². The van der Waals surface area contributed by atoms with Crippen molar-refractivity contribution in [3.8, 4) is 11.4 Å². The van der Waals surface area contributed by atoms with E-state index < -0.39 is 0 Å². The van der Waals surface area contributed by atoms with Gasteiger partial charge in [-0.2, -0.15) is 0 Å². The van der Waals surface area contributed by atoms with Crippen LogP contribution in [0.15, 0.2) is 53.3 Å². The van der Waals surface area contributed by atoms with Crippen LogP contribution < -0.4 is 5.56 Å². The Kier molecular flexibility index (Phi) is 3.16. The van der Waals surface area contributed by atoms with Gasteiger partial charge in [-0.15, -0.1) is 10.2 Å². The Bertz CT molecular complexity index is 1080. The van der Waals surface area contributed by atoms with Crippen molar-refractivity contribution < 1.29 is 0 Å². The van der Waals surface area contributed by atoms with Gasteiger partial charge in [0.2, 0.25) is 5.78 Å². The molecule has 0 N–H and O–H groups in total. The number of para-hydroxylation sites is 1. The third kappa shape index (κ3) is 2.04. The molecule has 0 atom stereocenters. The molecule has 0 amide bonds. The second-order valence-electron chi connectivity index (χ2n) is 5.23. The van der Waals surface area contributed by atoms with Crippen LogP contribution in [0.25, 0.3) is 28.1 Å². The third-order valence-electron chi connectivity index (χ3n) is 3.93. The largest absolute Gasteiger partial charge is 0.277 e. The number of rotatable bonds is 2. The number of hydrogen-bond donors (Lipinski definition) is 0. The van der Waals surface area contributed by atoms with Crippen LogP contribution in [-0.4, -0.2) is 19.2 Å². The molecule has 23 heavy (non-hydrogen) atoms. The molecule has 0 fully saturated rings. The summed E-state index contributed by atoms with van der Waals surface area (Å²) in [7, 11) is 0. The lowest BCUT2D eigenvalue weighted by Gasteiger charge is -2.09. The summed E-state index contributed by atoms with van der Waals surface area (Å²) in [6, 6.07) is 14.9. The maximum Gasteiger partial charge on any atom is 0.262 e. The van der Waals surface area contributed by atoms with Gasteiger partial charge in [0.05, 0.1) is 10.9 Å². The molecule has 0 aliphatic rings. The Morgan fingerprint density at radius 1 is 1.04 bits per heavy atom. The summed E-state index contributed by atoms with van der Waals surface area (Å²) in [6.45, 7) is 2.46. The lowest BCUT2D eigenvalue weighted by Crippen LogP contribution is -2.22. The molecular weight excluding hydrogens is 312 g/mol. The fourth-order valence-electron chi connectivity index (χ4n) is 2.83. The Morgan fingerprint density at radius 3 is 2.52 bits per heavy atom. The quantitative estimate of drug-likeness (QED) is 0.568. The molecular formula is C17H13ClN4O. The summed E-state index contributed by atoms with van der Waals surface area (Å²) in [6.07, 6.45) is 0. The van der Waals surface area contributed by atoms with E-state index in [1.165, 1.54) is 0 Å². The molecule has 2 heterocycles. The van der Waals surface area contributed by atoms with Crippen LogP contribution in [-0.2, 0) is 6.54 Å². The fraction of sp³-hybridized carbons (Fsp3) is 0.118. The number of fused-ring (bicyclic) bond motifs is 3. The average Bonchev–Trinajstić information content (AvgIpc) is 3.01. The van der Waals surface area contributed by atoms with Gasteiger partial charge >= 0.3 is 0 Å². The molecule has 0 saturated carbocycles. The van der Waals surface area contributed by atoms with Crippen molar-refractivity contribution in [1.29, 1.82) is 0 Å². The molecule has 4 rings (SSSR count). The SMILES string of the molecule is CCn1c(=O)c2ccccc2n2c(-c3ccc(Cl)cc3)nnc12.